The standard InChI is InChI=1S/C14H29N3O/c1-5-10-15-11-6-8-12(9-7-11)16-13(18)17-14(2,3)4/h11-12,15H,5-10H2,1-4H3,(H2,16,17,18). The Balaban J connectivity index is 2.21. The molecule has 4 nitrogen and oxygen atoms in total. The third kappa shape index (κ3) is 6.24. The molecule has 2 amide bonds. The van der Waals surface area contributed by atoms with E-state index in [-0.39, 0.29) is 11.6 Å². The van der Waals surface area contributed by atoms with Crippen molar-refractivity contribution in [3.63, 3.8) is 0 Å². The Labute approximate surface area is 111 Å². The van der Waals surface area contributed by atoms with Crippen LogP contribution in [0.2, 0.25) is 0 Å². The summed E-state index contributed by atoms with van der Waals surface area (Å²) in [6.45, 7) is 9.29. The van der Waals surface area contributed by atoms with Gasteiger partial charge in [-0.05, 0) is 59.4 Å². The molecule has 106 valence electrons. The second kappa shape index (κ2) is 6.98. The zero-order chi connectivity index (χ0) is 13.6. The maximum atomic E-state index is 11.7. The fourth-order valence-electron chi connectivity index (χ4n) is 2.35. The predicted molar refractivity (Wildman–Crippen MR) is 75.8 cm³/mol. The van der Waals surface area contributed by atoms with E-state index in [0.29, 0.717) is 12.1 Å². The van der Waals surface area contributed by atoms with Crippen LogP contribution in [0, 0.1) is 0 Å². The third-order valence-electron chi connectivity index (χ3n) is 3.23. The predicted octanol–water partition coefficient (Wildman–Crippen LogP) is 2.39. The summed E-state index contributed by atoms with van der Waals surface area (Å²) < 4.78 is 0. The number of rotatable bonds is 4. The van der Waals surface area contributed by atoms with E-state index < -0.39 is 0 Å². The van der Waals surface area contributed by atoms with E-state index in [1.165, 1.54) is 19.3 Å². The van der Waals surface area contributed by atoms with E-state index >= 15 is 0 Å². The van der Waals surface area contributed by atoms with Crippen molar-refractivity contribution in [3.8, 4) is 0 Å². The van der Waals surface area contributed by atoms with Crippen LogP contribution in [0.1, 0.15) is 59.8 Å². The van der Waals surface area contributed by atoms with Gasteiger partial charge >= 0.3 is 6.03 Å². The van der Waals surface area contributed by atoms with Gasteiger partial charge in [0.15, 0.2) is 0 Å². The Morgan fingerprint density at radius 1 is 1.11 bits per heavy atom. The smallest absolute Gasteiger partial charge is 0.315 e. The lowest BCUT2D eigenvalue weighted by molar-refractivity contribution is 0.221. The van der Waals surface area contributed by atoms with Crippen molar-refractivity contribution in [2.24, 2.45) is 0 Å². The lowest BCUT2D eigenvalue weighted by atomic mass is 9.91. The molecule has 4 heteroatoms. The summed E-state index contributed by atoms with van der Waals surface area (Å²) in [5.74, 6) is 0. The van der Waals surface area contributed by atoms with E-state index in [2.05, 4.69) is 22.9 Å². The molecule has 18 heavy (non-hydrogen) atoms. The number of hydrogen-bond acceptors (Lipinski definition) is 2. The summed E-state index contributed by atoms with van der Waals surface area (Å²) in [7, 11) is 0. The van der Waals surface area contributed by atoms with Gasteiger partial charge in [-0.2, -0.15) is 0 Å². The average molecular weight is 255 g/mol. The van der Waals surface area contributed by atoms with Gasteiger partial charge in [0.1, 0.15) is 0 Å². The minimum absolute atomic E-state index is 0.0348. The fourth-order valence-corrected chi connectivity index (χ4v) is 2.35. The minimum Gasteiger partial charge on any atom is -0.335 e. The molecule has 0 heterocycles. The molecule has 0 spiro atoms. The van der Waals surface area contributed by atoms with Gasteiger partial charge in [0.2, 0.25) is 0 Å². The average Bonchev–Trinajstić information content (AvgIpc) is 2.25. The number of urea groups is 1. The highest BCUT2D eigenvalue weighted by molar-refractivity contribution is 5.74. The minimum atomic E-state index is -0.163. The number of amides is 2. The number of carbonyl (C=O) groups is 1. The van der Waals surface area contributed by atoms with E-state index in [1.807, 2.05) is 20.8 Å². The molecule has 1 rings (SSSR count). The van der Waals surface area contributed by atoms with Gasteiger partial charge in [0.25, 0.3) is 0 Å². The van der Waals surface area contributed by atoms with Crippen LogP contribution >= 0.6 is 0 Å². The summed E-state index contributed by atoms with van der Waals surface area (Å²) in [4.78, 5) is 11.7. The van der Waals surface area contributed by atoms with E-state index in [4.69, 9.17) is 0 Å². The highest BCUT2D eigenvalue weighted by Gasteiger charge is 2.23. The van der Waals surface area contributed by atoms with E-state index in [1.54, 1.807) is 0 Å². The molecule has 3 N–H and O–H groups in total. The normalized spacial score (nSPS) is 24.7. The topological polar surface area (TPSA) is 53.2 Å². The Bertz CT molecular complexity index is 252. The molecular weight excluding hydrogens is 226 g/mol. The van der Waals surface area contributed by atoms with Crippen LogP contribution in [0.15, 0.2) is 0 Å². The maximum absolute atomic E-state index is 11.7. The number of hydrogen-bond donors (Lipinski definition) is 3. The Morgan fingerprint density at radius 2 is 1.67 bits per heavy atom. The molecule has 0 aliphatic heterocycles. The summed E-state index contributed by atoms with van der Waals surface area (Å²) in [5, 5.41) is 9.58. The van der Waals surface area contributed by atoms with Crippen LogP contribution in [-0.2, 0) is 0 Å². The lowest BCUT2D eigenvalue weighted by Gasteiger charge is -2.31. The second-order valence-corrected chi connectivity index (χ2v) is 6.35. The summed E-state index contributed by atoms with van der Waals surface area (Å²) >= 11 is 0. The first-order valence-corrected chi connectivity index (χ1v) is 7.23. The first-order valence-electron chi connectivity index (χ1n) is 7.23. The lowest BCUT2D eigenvalue weighted by Crippen LogP contribution is -2.51. The molecule has 1 aliphatic carbocycles. The van der Waals surface area contributed by atoms with Crippen LogP contribution in [0.4, 0.5) is 4.79 Å². The van der Waals surface area contributed by atoms with Gasteiger partial charge in [0.05, 0.1) is 0 Å². The van der Waals surface area contributed by atoms with Crippen molar-refractivity contribution in [2.75, 3.05) is 6.54 Å². The monoisotopic (exact) mass is 255 g/mol. The molecule has 1 saturated carbocycles. The molecule has 0 radical (unpaired) electrons. The van der Waals surface area contributed by atoms with Crippen molar-refractivity contribution >= 4 is 6.03 Å². The van der Waals surface area contributed by atoms with Gasteiger partial charge in [-0.1, -0.05) is 6.92 Å². The van der Waals surface area contributed by atoms with Crippen LogP contribution in [-0.4, -0.2) is 30.2 Å². The molecule has 0 bridgehead atoms. The molecule has 0 atom stereocenters. The first kappa shape index (κ1) is 15.3. The highest BCUT2D eigenvalue weighted by Crippen LogP contribution is 2.18. The van der Waals surface area contributed by atoms with Gasteiger partial charge in [-0.15, -0.1) is 0 Å². The summed E-state index contributed by atoms with van der Waals surface area (Å²) in [5.41, 5.74) is -0.163. The molecular formula is C14H29N3O. The van der Waals surface area contributed by atoms with Crippen molar-refractivity contribution in [3.05, 3.63) is 0 Å². The Morgan fingerprint density at radius 3 is 2.17 bits per heavy atom. The van der Waals surface area contributed by atoms with Crippen molar-refractivity contribution in [2.45, 2.75) is 77.4 Å². The SMILES string of the molecule is CCCNC1CCC(NC(=O)NC(C)(C)C)CC1. The van der Waals surface area contributed by atoms with Crippen LogP contribution < -0.4 is 16.0 Å². The maximum Gasteiger partial charge on any atom is 0.315 e. The van der Waals surface area contributed by atoms with Gasteiger partial charge in [0, 0.05) is 17.6 Å². The van der Waals surface area contributed by atoms with Gasteiger partial charge in [-0.3, -0.25) is 0 Å². The molecule has 0 aromatic heterocycles. The molecule has 1 fully saturated rings. The molecule has 1 aliphatic rings. The summed E-state index contributed by atoms with van der Waals surface area (Å²) in [6.07, 6.45) is 5.69. The molecule has 0 saturated heterocycles. The molecule has 0 aromatic rings. The number of carbonyl (C=O) groups excluding carboxylic acids is 1. The van der Waals surface area contributed by atoms with Crippen molar-refractivity contribution < 1.29 is 4.79 Å². The fraction of sp³-hybridized carbons (Fsp3) is 0.929. The van der Waals surface area contributed by atoms with E-state index in [0.717, 1.165) is 19.4 Å². The van der Waals surface area contributed by atoms with Gasteiger partial charge < -0.3 is 16.0 Å². The third-order valence-corrected chi connectivity index (χ3v) is 3.23. The zero-order valence-electron chi connectivity index (χ0n) is 12.3. The Hall–Kier alpha value is -0.770. The number of nitrogens with one attached hydrogen (secondary N) is 3. The van der Waals surface area contributed by atoms with E-state index in [9.17, 15) is 4.79 Å². The largest absolute Gasteiger partial charge is 0.335 e. The van der Waals surface area contributed by atoms with Crippen molar-refractivity contribution in [1.29, 1.82) is 0 Å². The molecule has 0 aromatic carbocycles. The van der Waals surface area contributed by atoms with Crippen LogP contribution in [0.5, 0.6) is 0 Å². The highest BCUT2D eigenvalue weighted by atomic mass is 16.2. The summed E-state index contributed by atoms with van der Waals surface area (Å²) in [6, 6.07) is 0.952. The quantitative estimate of drug-likeness (QED) is 0.722. The van der Waals surface area contributed by atoms with Crippen LogP contribution in [0.25, 0.3) is 0 Å². The molecule has 0 unspecified atom stereocenters. The van der Waals surface area contributed by atoms with Gasteiger partial charge in [-0.25, -0.2) is 4.79 Å². The van der Waals surface area contributed by atoms with Crippen molar-refractivity contribution in [1.82, 2.24) is 16.0 Å². The zero-order valence-corrected chi connectivity index (χ0v) is 12.3. The first-order chi connectivity index (χ1) is 8.40. The van der Waals surface area contributed by atoms with Crippen LogP contribution in [0.3, 0.4) is 0 Å². The second-order valence-electron chi connectivity index (χ2n) is 6.35. The Kier molecular flexibility index (Phi) is 5.93.